The van der Waals surface area contributed by atoms with Gasteiger partial charge in [-0.3, -0.25) is 0 Å². The Bertz CT molecular complexity index is 489. The maximum atomic E-state index is 12.9. The van der Waals surface area contributed by atoms with Crippen LogP contribution in [-0.4, -0.2) is 47.4 Å². The molecule has 0 aromatic carbocycles. The van der Waals surface area contributed by atoms with E-state index < -0.39 is 56.0 Å². The van der Waals surface area contributed by atoms with Gasteiger partial charge in [-0.25, -0.2) is 0 Å². The first-order valence-corrected chi connectivity index (χ1v) is 6.40. The van der Waals surface area contributed by atoms with Gasteiger partial charge in [-0.2, -0.15) is 79.0 Å². The van der Waals surface area contributed by atoms with Crippen molar-refractivity contribution in [3.63, 3.8) is 0 Å². The van der Waals surface area contributed by atoms with Gasteiger partial charge in [0.1, 0.15) is 0 Å². The Balaban J connectivity index is 6.19. The molecule has 0 aromatic rings. The highest BCUT2D eigenvalue weighted by atomic mass is 31.1. The summed E-state index contributed by atoms with van der Waals surface area (Å²) in [6.07, 6.45) is -15.1. The zero-order chi connectivity index (χ0) is 22.7. The highest BCUT2D eigenvalue weighted by molar-refractivity contribution is 7.41. The van der Waals surface area contributed by atoms with Gasteiger partial charge >= 0.3 is 47.4 Å². The van der Waals surface area contributed by atoms with Crippen LogP contribution in [0.25, 0.3) is 0 Å². The lowest BCUT2D eigenvalue weighted by atomic mass is 10.1. The molecule has 0 unspecified atom stereocenters. The van der Waals surface area contributed by atoms with Gasteiger partial charge in [-0.1, -0.05) is 0 Å². The molecule has 0 saturated carbocycles. The van der Waals surface area contributed by atoms with E-state index in [9.17, 15) is 79.0 Å². The monoisotopic (exact) mass is 470 g/mol. The second kappa shape index (κ2) is 6.34. The van der Waals surface area contributed by atoms with Crippen molar-refractivity contribution in [2.45, 2.75) is 47.4 Å². The molecule has 0 saturated heterocycles. The van der Waals surface area contributed by atoms with Crippen LogP contribution in [0.4, 0.5) is 79.0 Å². The zero-order valence-electron chi connectivity index (χ0n) is 11.3. The second-order valence-corrected chi connectivity index (χ2v) is 6.07. The van der Waals surface area contributed by atoms with Crippen LogP contribution in [0.3, 0.4) is 0 Å². The molecule has 164 valence electrons. The minimum Gasteiger partial charge on any atom is -0.195 e. The van der Waals surface area contributed by atoms with Gasteiger partial charge in [0.05, 0.1) is 0 Å². The molecule has 0 heterocycles. The van der Waals surface area contributed by atoms with E-state index in [0.717, 1.165) is 0 Å². The number of alkyl halides is 18. The van der Waals surface area contributed by atoms with E-state index in [1.54, 1.807) is 0 Å². The van der Waals surface area contributed by atoms with Crippen molar-refractivity contribution < 1.29 is 79.0 Å². The predicted molar refractivity (Wildman–Crippen MR) is 50.1 cm³/mol. The van der Waals surface area contributed by atoms with Crippen LogP contribution in [0.15, 0.2) is 0 Å². The van der Waals surface area contributed by atoms with Gasteiger partial charge in [0, 0.05) is 8.58 Å². The molecule has 0 aliphatic rings. The maximum absolute atomic E-state index is 12.9. The Morgan fingerprint density at radius 3 is 0.630 bits per heavy atom. The Morgan fingerprint density at radius 1 is 0.296 bits per heavy atom. The van der Waals surface area contributed by atoms with E-state index in [-0.39, 0.29) is 0 Å². The number of hydrogen-bond donors (Lipinski definition) is 0. The van der Waals surface area contributed by atoms with Gasteiger partial charge in [0.25, 0.3) is 0 Å². The summed E-state index contributed by atoms with van der Waals surface area (Å²) in [5, 5.41) is 0. The molecule has 0 N–H and O–H groups in total. The van der Waals surface area contributed by atoms with Crippen LogP contribution in [0.1, 0.15) is 0 Å². The smallest absolute Gasteiger partial charge is 0.195 e. The lowest BCUT2D eigenvalue weighted by Gasteiger charge is -2.38. The lowest BCUT2D eigenvalue weighted by molar-refractivity contribution is -0.388. The van der Waals surface area contributed by atoms with Crippen LogP contribution >= 0.6 is 8.58 Å². The number of hydrogen-bond acceptors (Lipinski definition) is 0. The van der Waals surface area contributed by atoms with Crippen molar-refractivity contribution in [2.75, 3.05) is 0 Å². The summed E-state index contributed by atoms with van der Waals surface area (Å²) in [6, 6.07) is 0. The molecule has 0 rings (SSSR count). The molecular weight excluding hydrogens is 469 g/mol. The summed E-state index contributed by atoms with van der Waals surface area (Å²) in [6.45, 7) is 0. The van der Waals surface area contributed by atoms with Gasteiger partial charge in [-0.15, -0.1) is 0 Å². The van der Waals surface area contributed by atoms with Gasteiger partial charge in [-0.05, 0) is 0 Å². The van der Waals surface area contributed by atoms with Crippen molar-refractivity contribution >= 4 is 8.58 Å². The molecular formula is C8HF18P. The topological polar surface area (TPSA) is 0 Å². The fourth-order valence-corrected chi connectivity index (χ4v) is 2.13. The van der Waals surface area contributed by atoms with Crippen molar-refractivity contribution in [1.29, 1.82) is 0 Å². The molecule has 0 aromatic heterocycles. The molecule has 0 atom stereocenters. The first-order chi connectivity index (χ1) is 11.2. The Kier molecular flexibility index (Phi) is 6.14. The third-order valence-electron chi connectivity index (χ3n) is 2.60. The highest BCUT2D eigenvalue weighted by Crippen LogP contribution is 2.67. The van der Waals surface area contributed by atoms with E-state index in [1.165, 1.54) is 0 Å². The largest absolute Gasteiger partial charge is 0.460 e. The third kappa shape index (κ3) is 3.86. The lowest BCUT2D eigenvalue weighted by Crippen LogP contribution is -2.63. The van der Waals surface area contributed by atoms with E-state index in [2.05, 4.69) is 0 Å². The summed E-state index contributed by atoms with van der Waals surface area (Å²) in [4.78, 5) is 0. The molecule has 0 radical (unpaired) electrons. The SMILES string of the molecule is FC(F)(F)C(F)(F)C(F)(F)C(F)(F)PC(F)(F)C(F)(F)C(F)(F)C(F)(F)F. The first kappa shape index (κ1) is 26.2. The average Bonchev–Trinajstić information content (AvgIpc) is 2.33. The standard InChI is InChI=1S/C8HF18P/c9-1(10,5(17,18)19)3(13,14)7(23,24)27-8(25,26)4(15,16)2(11,12)6(20,21)22/h27H. The molecule has 0 nitrogen and oxygen atoms in total. The summed E-state index contributed by atoms with van der Waals surface area (Å²) >= 11 is 0. The van der Waals surface area contributed by atoms with Crippen LogP contribution in [0, 0.1) is 0 Å². The second-order valence-electron chi connectivity index (χ2n) is 4.57. The van der Waals surface area contributed by atoms with Crippen LogP contribution in [-0.2, 0) is 0 Å². The Labute approximate surface area is 136 Å². The highest BCUT2D eigenvalue weighted by Gasteiger charge is 2.87. The van der Waals surface area contributed by atoms with Gasteiger partial charge in [0.15, 0.2) is 0 Å². The van der Waals surface area contributed by atoms with Crippen LogP contribution in [0.2, 0.25) is 0 Å². The van der Waals surface area contributed by atoms with Crippen molar-refractivity contribution in [3.05, 3.63) is 0 Å². The Hall–Kier alpha value is -0.830. The molecule has 19 heteroatoms. The van der Waals surface area contributed by atoms with Crippen molar-refractivity contribution in [2.24, 2.45) is 0 Å². The predicted octanol–water partition coefficient (Wildman–Crippen LogP) is 6.52. The first-order valence-electron chi connectivity index (χ1n) is 5.40. The number of halogens is 18. The summed E-state index contributed by atoms with van der Waals surface area (Å²) in [5.41, 5.74) is -15.0. The molecule has 0 aliphatic heterocycles. The van der Waals surface area contributed by atoms with E-state index in [4.69, 9.17) is 0 Å². The average molecular weight is 470 g/mol. The Morgan fingerprint density at radius 2 is 0.481 bits per heavy atom. The fourth-order valence-electron chi connectivity index (χ4n) is 1.10. The molecule has 0 bridgehead atoms. The summed E-state index contributed by atoms with van der Waals surface area (Å²) in [5.74, 6) is -31.5. The van der Waals surface area contributed by atoms with Crippen molar-refractivity contribution in [3.8, 4) is 0 Å². The number of rotatable bonds is 6. The van der Waals surface area contributed by atoms with E-state index >= 15 is 0 Å². The molecule has 0 fully saturated rings. The zero-order valence-corrected chi connectivity index (χ0v) is 12.3. The van der Waals surface area contributed by atoms with Crippen LogP contribution in [0.5, 0.6) is 0 Å². The minimum atomic E-state index is -7.91. The van der Waals surface area contributed by atoms with Crippen LogP contribution < -0.4 is 0 Å². The van der Waals surface area contributed by atoms with Crippen molar-refractivity contribution in [1.82, 2.24) is 0 Å². The minimum absolute atomic E-state index is 5.23. The molecule has 0 spiro atoms. The molecule has 0 amide bonds. The molecule has 0 aliphatic carbocycles. The molecule has 27 heavy (non-hydrogen) atoms. The van der Waals surface area contributed by atoms with Gasteiger partial charge < -0.3 is 0 Å². The maximum Gasteiger partial charge on any atom is 0.460 e. The summed E-state index contributed by atoms with van der Waals surface area (Å²) in [7, 11) is -5.23. The quantitative estimate of drug-likeness (QED) is 0.307. The van der Waals surface area contributed by atoms with Gasteiger partial charge in [0.2, 0.25) is 0 Å². The normalized spacial score (nSPS) is 16.7. The summed E-state index contributed by atoms with van der Waals surface area (Å²) < 4.78 is 222. The third-order valence-corrected chi connectivity index (χ3v) is 3.86. The fraction of sp³-hybridized carbons (Fsp3) is 1.00. The van der Waals surface area contributed by atoms with E-state index in [0.29, 0.717) is 0 Å². The van der Waals surface area contributed by atoms with E-state index in [1.807, 2.05) is 0 Å².